The highest BCUT2D eigenvalue weighted by molar-refractivity contribution is 5.80. The summed E-state index contributed by atoms with van der Waals surface area (Å²) in [5.74, 6) is -1.31. The largest absolute Gasteiger partial charge is 0.480 e. The number of esters is 1. The second-order valence-electron chi connectivity index (χ2n) is 12.1. The van der Waals surface area contributed by atoms with Crippen molar-refractivity contribution in [2.24, 2.45) is 0 Å². The summed E-state index contributed by atoms with van der Waals surface area (Å²) >= 11 is 0. The Kier molecular flexibility index (Phi) is 32.8. The Balaban J connectivity index is 4.23. The Labute approximate surface area is 281 Å². The van der Waals surface area contributed by atoms with Gasteiger partial charge in [-0.25, -0.2) is 0 Å². The fourth-order valence-corrected chi connectivity index (χ4v) is 4.95. The van der Waals surface area contributed by atoms with Gasteiger partial charge in [0, 0.05) is 12.8 Å². The topological polar surface area (TPSA) is 92.7 Å². The van der Waals surface area contributed by atoms with E-state index >= 15 is 0 Å². The Hall–Kier alpha value is -2.89. The minimum atomic E-state index is -1.02. The van der Waals surface area contributed by atoms with Crippen molar-refractivity contribution < 1.29 is 24.2 Å². The zero-order valence-electron chi connectivity index (χ0n) is 29.4. The van der Waals surface area contributed by atoms with E-state index in [1.54, 1.807) is 0 Å². The molecule has 0 bridgehead atoms. The number of carbonyl (C=O) groups excluding carboxylic acids is 2. The van der Waals surface area contributed by atoms with Gasteiger partial charge in [-0.1, -0.05) is 126 Å². The van der Waals surface area contributed by atoms with Gasteiger partial charge in [0.1, 0.15) is 12.6 Å². The third-order valence-corrected chi connectivity index (χ3v) is 7.66. The monoisotopic (exact) mass is 642 g/mol. The highest BCUT2D eigenvalue weighted by atomic mass is 16.5. The first-order chi connectivity index (χ1) is 22.5. The lowest BCUT2D eigenvalue weighted by Crippen LogP contribution is -2.28. The van der Waals surface area contributed by atoms with E-state index in [1.165, 1.54) is 32.1 Å². The van der Waals surface area contributed by atoms with Crippen molar-refractivity contribution in [3.05, 3.63) is 60.8 Å². The predicted octanol–water partition coefficient (Wildman–Crippen LogP) is 10.9. The molecule has 1 amide bonds. The first-order valence-electron chi connectivity index (χ1n) is 18.4. The van der Waals surface area contributed by atoms with Gasteiger partial charge in [-0.15, -0.1) is 0 Å². The van der Waals surface area contributed by atoms with Gasteiger partial charge < -0.3 is 15.2 Å². The fraction of sp³-hybridized carbons (Fsp3) is 0.675. The molecule has 46 heavy (non-hydrogen) atoms. The third-order valence-electron chi connectivity index (χ3n) is 7.66. The van der Waals surface area contributed by atoms with Crippen LogP contribution in [-0.2, 0) is 19.1 Å². The van der Waals surface area contributed by atoms with Crippen molar-refractivity contribution in [2.45, 2.75) is 168 Å². The minimum Gasteiger partial charge on any atom is -0.480 e. The number of aliphatic carboxylic acids is 1. The van der Waals surface area contributed by atoms with Gasteiger partial charge in [0.25, 0.3) is 0 Å². The zero-order chi connectivity index (χ0) is 33.8. The summed E-state index contributed by atoms with van der Waals surface area (Å²) in [5, 5.41) is 11.0. The summed E-state index contributed by atoms with van der Waals surface area (Å²) in [6.07, 6.45) is 45.0. The second-order valence-corrected chi connectivity index (χ2v) is 12.1. The molecular weight excluding hydrogens is 574 g/mol. The lowest BCUT2D eigenvalue weighted by atomic mass is 10.1. The maximum Gasteiger partial charge on any atom is 0.322 e. The predicted molar refractivity (Wildman–Crippen MR) is 194 cm³/mol. The molecule has 0 aliphatic heterocycles. The molecule has 0 heterocycles. The molecule has 0 saturated heterocycles. The van der Waals surface area contributed by atoms with Crippen molar-refractivity contribution in [1.82, 2.24) is 5.32 Å². The van der Waals surface area contributed by atoms with Gasteiger partial charge >= 0.3 is 11.9 Å². The molecule has 0 aromatic rings. The van der Waals surface area contributed by atoms with Crippen LogP contribution in [0.2, 0.25) is 0 Å². The zero-order valence-corrected chi connectivity index (χ0v) is 29.4. The van der Waals surface area contributed by atoms with E-state index in [4.69, 9.17) is 9.84 Å². The summed E-state index contributed by atoms with van der Waals surface area (Å²) in [4.78, 5) is 34.7. The number of hydrogen-bond donors (Lipinski definition) is 2. The fourth-order valence-electron chi connectivity index (χ4n) is 4.95. The molecule has 2 N–H and O–H groups in total. The molecule has 0 saturated carbocycles. The Bertz CT molecular complexity index is 886. The third kappa shape index (κ3) is 34.0. The average Bonchev–Trinajstić information content (AvgIpc) is 3.04. The molecule has 1 atom stereocenters. The maximum atomic E-state index is 12.6. The van der Waals surface area contributed by atoms with Crippen LogP contribution < -0.4 is 5.32 Å². The van der Waals surface area contributed by atoms with Gasteiger partial charge in [-0.05, 0) is 83.1 Å². The number of hydrogen-bond acceptors (Lipinski definition) is 4. The van der Waals surface area contributed by atoms with Gasteiger partial charge in [0.15, 0.2) is 0 Å². The number of ether oxygens (including phenoxy) is 1. The highest BCUT2D eigenvalue weighted by Crippen LogP contribution is 2.15. The molecule has 6 nitrogen and oxygen atoms in total. The molecule has 0 rings (SSSR count). The molecule has 0 spiro atoms. The summed E-state index contributed by atoms with van der Waals surface area (Å²) in [6, 6.07) is 0. The quantitative estimate of drug-likeness (QED) is 0.0433. The van der Waals surface area contributed by atoms with Crippen LogP contribution in [0.4, 0.5) is 0 Å². The number of rotatable bonds is 32. The number of unbranched alkanes of at least 4 members (excludes halogenated alkanes) is 13. The molecule has 0 aromatic carbocycles. The van der Waals surface area contributed by atoms with E-state index < -0.39 is 5.97 Å². The lowest BCUT2D eigenvalue weighted by molar-refractivity contribution is -0.147. The van der Waals surface area contributed by atoms with Gasteiger partial charge in [0.2, 0.25) is 5.91 Å². The smallest absolute Gasteiger partial charge is 0.322 e. The number of nitrogens with one attached hydrogen (secondary N) is 1. The number of carbonyl (C=O) groups is 3. The number of carboxylic acids is 1. The van der Waals surface area contributed by atoms with Crippen LogP contribution >= 0.6 is 0 Å². The summed E-state index contributed by atoms with van der Waals surface area (Å²) in [6.45, 7) is 4.06. The highest BCUT2D eigenvalue weighted by Gasteiger charge is 2.11. The summed E-state index contributed by atoms with van der Waals surface area (Å²) < 4.78 is 5.89. The normalized spacial score (nSPS) is 12.7. The van der Waals surface area contributed by atoms with Gasteiger partial charge in [-0.2, -0.15) is 0 Å². The molecule has 262 valence electrons. The molecule has 0 aliphatic carbocycles. The molecular formula is C40H67NO5. The van der Waals surface area contributed by atoms with Crippen LogP contribution in [0.3, 0.4) is 0 Å². The molecule has 0 aliphatic rings. The van der Waals surface area contributed by atoms with E-state index in [0.717, 1.165) is 103 Å². The summed E-state index contributed by atoms with van der Waals surface area (Å²) in [5.41, 5.74) is 0. The van der Waals surface area contributed by atoms with Crippen molar-refractivity contribution in [3.8, 4) is 0 Å². The van der Waals surface area contributed by atoms with E-state index in [9.17, 15) is 14.4 Å². The van der Waals surface area contributed by atoms with Crippen molar-refractivity contribution in [3.63, 3.8) is 0 Å². The molecule has 0 radical (unpaired) electrons. The Morgan fingerprint density at radius 3 is 1.76 bits per heavy atom. The first-order valence-corrected chi connectivity index (χ1v) is 18.4. The van der Waals surface area contributed by atoms with Crippen LogP contribution in [0.1, 0.15) is 162 Å². The number of allylic oxidation sites excluding steroid dienone is 9. The molecule has 1 unspecified atom stereocenters. The van der Waals surface area contributed by atoms with Crippen molar-refractivity contribution >= 4 is 17.8 Å². The SMILES string of the molecule is CC/C=C\C/C=C\C/C=C\CCCCCCCC(=O)OC(/C=C\C/C=C\CCCCC)CCCCCCCCC(=O)NCC(=O)O. The van der Waals surface area contributed by atoms with Crippen molar-refractivity contribution in [2.75, 3.05) is 6.54 Å². The van der Waals surface area contributed by atoms with Crippen LogP contribution in [0.15, 0.2) is 60.8 Å². The Morgan fingerprint density at radius 1 is 0.609 bits per heavy atom. The van der Waals surface area contributed by atoms with E-state index in [2.05, 4.69) is 79.9 Å². The van der Waals surface area contributed by atoms with Gasteiger partial charge in [0.05, 0.1) is 0 Å². The second kappa shape index (κ2) is 35.0. The average molecular weight is 642 g/mol. The van der Waals surface area contributed by atoms with Crippen LogP contribution in [0.5, 0.6) is 0 Å². The van der Waals surface area contributed by atoms with Crippen LogP contribution in [-0.4, -0.2) is 35.6 Å². The van der Waals surface area contributed by atoms with E-state index in [-0.39, 0.29) is 24.5 Å². The van der Waals surface area contributed by atoms with Crippen molar-refractivity contribution in [1.29, 1.82) is 0 Å². The van der Waals surface area contributed by atoms with Crippen LogP contribution in [0, 0.1) is 0 Å². The lowest BCUT2D eigenvalue weighted by Gasteiger charge is -2.14. The molecule has 0 fully saturated rings. The first kappa shape index (κ1) is 43.1. The minimum absolute atomic E-state index is 0.0906. The van der Waals surface area contributed by atoms with Gasteiger partial charge in [-0.3, -0.25) is 14.4 Å². The Morgan fingerprint density at radius 2 is 1.13 bits per heavy atom. The number of amides is 1. The maximum absolute atomic E-state index is 12.6. The van der Waals surface area contributed by atoms with E-state index in [0.29, 0.717) is 12.8 Å². The molecule has 6 heteroatoms. The summed E-state index contributed by atoms with van der Waals surface area (Å²) in [7, 11) is 0. The van der Waals surface area contributed by atoms with Crippen LogP contribution in [0.25, 0.3) is 0 Å². The number of carboxylic acid groups (broad SMARTS) is 1. The van der Waals surface area contributed by atoms with E-state index in [1.807, 2.05) is 0 Å². The standard InChI is InChI=1S/C40H67NO5/c1-3-5-7-9-11-13-14-15-16-17-18-19-21-27-31-35-40(45)46-37(32-28-24-20-12-10-8-6-4-2)33-29-25-22-23-26-30-34-38(42)41-36-39(43)44/h5,7,11-13,15-16,20,28,32,37H,3-4,6,8-10,14,17-19,21-27,29-31,33-36H2,1-2H3,(H,41,42)(H,43,44)/b7-5-,13-11-,16-15-,20-12-,32-28-. The molecule has 0 aromatic heterocycles.